The highest BCUT2D eigenvalue weighted by molar-refractivity contribution is 14.1. The quantitative estimate of drug-likeness (QED) is 0.358. The molecule has 1 rings (SSSR count). The predicted molar refractivity (Wildman–Crippen MR) is 104 cm³/mol. The molecule has 0 radical (unpaired) electrons. The molecular formula is C20H23I. The van der Waals surface area contributed by atoms with Crippen molar-refractivity contribution in [3.8, 4) is 0 Å². The van der Waals surface area contributed by atoms with E-state index in [0.717, 1.165) is 12.8 Å². The largest absolute Gasteiger partial charge is 0.0991 e. The van der Waals surface area contributed by atoms with Crippen LogP contribution in [0, 0.1) is 3.57 Å². The molecule has 0 nitrogen and oxygen atoms in total. The standard InChI is InChI=1S/C20H23I/c1-4-7-9-10-11-12-17-14-19(16-20(21)15-17)18(6-3)13-8-5-2/h4-5,7-11,13-16,18H,1-2,6,12H2,3H3/b9-7-,11-10-,13-8-. The van der Waals surface area contributed by atoms with Crippen LogP contribution in [0.5, 0.6) is 0 Å². The van der Waals surface area contributed by atoms with Crippen LogP contribution in [0.3, 0.4) is 0 Å². The zero-order valence-electron chi connectivity index (χ0n) is 12.6. The number of benzene rings is 1. The summed E-state index contributed by atoms with van der Waals surface area (Å²) in [6.45, 7) is 9.63. The van der Waals surface area contributed by atoms with Crippen LogP contribution in [0.25, 0.3) is 0 Å². The van der Waals surface area contributed by atoms with E-state index in [4.69, 9.17) is 0 Å². The van der Waals surface area contributed by atoms with Crippen molar-refractivity contribution in [2.45, 2.75) is 25.7 Å². The van der Waals surface area contributed by atoms with Crippen LogP contribution in [0.15, 0.2) is 80.0 Å². The van der Waals surface area contributed by atoms with E-state index in [0.29, 0.717) is 5.92 Å². The second kappa shape index (κ2) is 10.4. The van der Waals surface area contributed by atoms with Gasteiger partial charge in [-0.25, -0.2) is 0 Å². The first-order valence-corrected chi connectivity index (χ1v) is 8.32. The van der Waals surface area contributed by atoms with Crippen LogP contribution in [0.2, 0.25) is 0 Å². The Morgan fingerprint density at radius 2 is 1.81 bits per heavy atom. The summed E-state index contributed by atoms with van der Waals surface area (Å²) in [5.41, 5.74) is 2.73. The summed E-state index contributed by atoms with van der Waals surface area (Å²) in [5.74, 6) is 0.459. The van der Waals surface area contributed by atoms with Crippen molar-refractivity contribution >= 4 is 22.6 Å². The monoisotopic (exact) mass is 390 g/mol. The summed E-state index contributed by atoms with van der Waals surface area (Å²) < 4.78 is 1.29. The van der Waals surface area contributed by atoms with E-state index in [1.807, 2.05) is 24.3 Å². The Balaban J connectivity index is 2.90. The Kier molecular flexibility index (Phi) is 8.76. The van der Waals surface area contributed by atoms with Crippen molar-refractivity contribution in [2.75, 3.05) is 0 Å². The van der Waals surface area contributed by atoms with E-state index in [-0.39, 0.29) is 0 Å². The Hall–Kier alpha value is -1.35. The molecule has 0 aliphatic heterocycles. The van der Waals surface area contributed by atoms with Gasteiger partial charge in [0.15, 0.2) is 0 Å². The van der Waals surface area contributed by atoms with Crippen molar-refractivity contribution in [1.29, 1.82) is 0 Å². The molecule has 0 aromatic heterocycles. The van der Waals surface area contributed by atoms with Gasteiger partial charge in [-0.3, -0.25) is 0 Å². The summed E-state index contributed by atoms with van der Waals surface area (Å²) >= 11 is 2.40. The average Bonchev–Trinajstić information content (AvgIpc) is 2.47. The summed E-state index contributed by atoms with van der Waals surface area (Å²) in [5, 5.41) is 0. The SMILES string of the molecule is C=C/C=C\C=C/Cc1cc(I)cc(C(/C=C\C=C)CC)c1. The maximum absolute atomic E-state index is 3.75. The van der Waals surface area contributed by atoms with Crippen molar-refractivity contribution < 1.29 is 0 Å². The summed E-state index contributed by atoms with van der Waals surface area (Å²) in [7, 11) is 0. The molecule has 1 aromatic rings. The smallest absolute Gasteiger partial charge is 0.0136 e. The molecule has 21 heavy (non-hydrogen) atoms. The topological polar surface area (TPSA) is 0 Å². The van der Waals surface area contributed by atoms with Gasteiger partial charge in [0.2, 0.25) is 0 Å². The lowest BCUT2D eigenvalue weighted by Crippen LogP contribution is -1.96. The lowest BCUT2D eigenvalue weighted by Gasteiger charge is -2.13. The molecule has 0 fully saturated rings. The molecular weight excluding hydrogens is 367 g/mol. The fourth-order valence-electron chi connectivity index (χ4n) is 2.13. The van der Waals surface area contributed by atoms with Crippen molar-refractivity contribution in [2.24, 2.45) is 0 Å². The second-order valence-corrected chi connectivity index (χ2v) is 6.03. The fourth-order valence-corrected chi connectivity index (χ4v) is 2.89. The zero-order chi connectivity index (χ0) is 15.5. The maximum Gasteiger partial charge on any atom is 0.0136 e. The molecule has 0 saturated carbocycles. The minimum Gasteiger partial charge on any atom is -0.0991 e. The van der Waals surface area contributed by atoms with E-state index in [1.54, 1.807) is 6.08 Å². The lowest BCUT2D eigenvalue weighted by atomic mass is 9.94. The molecule has 0 bridgehead atoms. The highest BCUT2D eigenvalue weighted by Crippen LogP contribution is 2.25. The number of rotatable bonds is 8. The lowest BCUT2D eigenvalue weighted by molar-refractivity contribution is 0.803. The minimum absolute atomic E-state index is 0.459. The first-order chi connectivity index (χ1) is 10.2. The molecule has 1 unspecified atom stereocenters. The first kappa shape index (κ1) is 17.7. The van der Waals surface area contributed by atoms with Gasteiger partial charge in [-0.15, -0.1) is 0 Å². The van der Waals surface area contributed by atoms with Crippen molar-refractivity contribution in [1.82, 2.24) is 0 Å². The van der Waals surface area contributed by atoms with E-state index in [2.05, 4.69) is 79.1 Å². The van der Waals surface area contributed by atoms with Crippen LogP contribution in [0.1, 0.15) is 30.4 Å². The predicted octanol–water partition coefficient (Wildman–Crippen LogP) is 6.37. The van der Waals surface area contributed by atoms with Gasteiger partial charge in [0.25, 0.3) is 0 Å². The van der Waals surface area contributed by atoms with E-state index in [1.165, 1.54) is 14.7 Å². The Labute approximate surface area is 142 Å². The van der Waals surface area contributed by atoms with Gasteiger partial charge in [-0.05, 0) is 58.7 Å². The van der Waals surface area contributed by atoms with Gasteiger partial charge in [-0.1, -0.05) is 74.8 Å². The summed E-state index contributed by atoms with van der Waals surface area (Å²) in [4.78, 5) is 0. The molecule has 1 atom stereocenters. The summed E-state index contributed by atoms with van der Waals surface area (Å²) in [6, 6.07) is 6.83. The molecule has 110 valence electrons. The average molecular weight is 390 g/mol. The first-order valence-electron chi connectivity index (χ1n) is 7.24. The van der Waals surface area contributed by atoms with Crippen molar-refractivity contribution in [3.05, 3.63) is 94.7 Å². The van der Waals surface area contributed by atoms with Gasteiger partial charge in [0.1, 0.15) is 0 Å². The highest BCUT2D eigenvalue weighted by Gasteiger charge is 2.07. The molecule has 0 N–H and O–H groups in total. The fraction of sp³-hybridized carbons (Fsp3) is 0.200. The van der Waals surface area contributed by atoms with Gasteiger partial charge in [0.05, 0.1) is 0 Å². The van der Waals surface area contributed by atoms with E-state index < -0.39 is 0 Å². The van der Waals surface area contributed by atoms with Gasteiger partial charge < -0.3 is 0 Å². The van der Waals surface area contributed by atoms with Gasteiger partial charge in [-0.2, -0.15) is 0 Å². The van der Waals surface area contributed by atoms with Crippen LogP contribution < -0.4 is 0 Å². The van der Waals surface area contributed by atoms with Crippen LogP contribution in [0.4, 0.5) is 0 Å². The molecule has 1 heteroatoms. The normalized spacial score (nSPS) is 13.2. The zero-order valence-corrected chi connectivity index (χ0v) is 14.8. The molecule has 0 aliphatic rings. The number of hydrogen-bond donors (Lipinski definition) is 0. The van der Waals surface area contributed by atoms with Crippen molar-refractivity contribution in [3.63, 3.8) is 0 Å². The number of allylic oxidation sites excluding steroid dienone is 8. The van der Waals surface area contributed by atoms with Gasteiger partial charge in [0, 0.05) is 9.49 Å². The Morgan fingerprint density at radius 3 is 2.48 bits per heavy atom. The third-order valence-electron chi connectivity index (χ3n) is 3.18. The highest BCUT2D eigenvalue weighted by atomic mass is 127. The Morgan fingerprint density at radius 1 is 1.05 bits per heavy atom. The van der Waals surface area contributed by atoms with Crippen LogP contribution >= 0.6 is 22.6 Å². The molecule has 0 spiro atoms. The summed E-state index contributed by atoms with van der Waals surface area (Å²) in [6.07, 6.45) is 18.1. The molecule has 0 saturated heterocycles. The molecule has 1 aromatic carbocycles. The van der Waals surface area contributed by atoms with Crippen LogP contribution in [-0.2, 0) is 6.42 Å². The van der Waals surface area contributed by atoms with Crippen LogP contribution in [-0.4, -0.2) is 0 Å². The Bertz CT molecular complexity index is 547. The van der Waals surface area contributed by atoms with E-state index in [9.17, 15) is 0 Å². The maximum atomic E-state index is 3.75. The molecule has 0 amide bonds. The molecule has 0 aliphatic carbocycles. The van der Waals surface area contributed by atoms with Gasteiger partial charge >= 0.3 is 0 Å². The minimum atomic E-state index is 0.459. The third kappa shape index (κ3) is 6.76. The second-order valence-electron chi connectivity index (χ2n) is 4.78. The number of halogens is 1. The number of hydrogen-bond acceptors (Lipinski definition) is 0. The third-order valence-corrected chi connectivity index (χ3v) is 3.80. The van der Waals surface area contributed by atoms with E-state index >= 15 is 0 Å². The molecule has 0 heterocycles.